The number of rotatable bonds is 7. The molecule has 0 aliphatic carbocycles. The van der Waals surface area contributed by atoms with Crippen molar-refractivity contribution in [3.63, 3.8) is 0 Å². The minimum absolute atomic E-state index is 0.0133. The third-order valence-electron chi connectivity index (χ3n) is 3.70. The normalized spacial score (nSPS) is 12.2. The number of carbonyl (C=O) groups excluding carboxylic acids is 1. The molecule has 2 aromatic rings. The second-order valence-corrected chi connectivity index (χ2v) is 6.01. The molecule has 0 aliphatic rings. The number of ether oxygens (including phenoxy) is 1. The molecule has 0 amide bonds. The molecule has 2 rings (SSSR count). The Morgan fingerprint density at radius 1 is 1.26 bits per heavy atom. The largest absolute Gasteiger partial charge is 0.469 e. The van der Waals surface area contributed by atoms with Crippen LogP contribution in [-0.4, -0.2) is 36.3 Å². The molecule has 0 spiro atoms. The lowest BCUT2D eigenvalue weighted by molar-refractivity contribution is 0.101. The monoisotopic (exact) mass is 312 g/mol. The number of Topliss-reactive ketones (excluding diaryl/α,β-unsaturated/α-hetero) is 1. The van der Waals surface area contributed by atoms with Crippen LogP contribution in [0.25, 0.3) is 0 Å². The van der Waals surface area contributed by atoms with Crippen molar-refractivity contribution in [2.75, 3.05) is 20.6 Å². The standard InChI is InChI=1S/C19H24N2O2/c1-14-12-17(15(2)22)13-20-19(14)23-18(10-11-21(3)4)16-8-6-5-7-9-16/h5-9,12-13,18H,10-11H2,1-4H3/t18-/m0/s1. The third-order valence-corrected chi connectivity index (χ3v) is 3.70. The highest BCUT2D eigenvalue weighted by Gasteiger charge is 2.16. The Morgan fingerprint density at radius 2 is 1.96 bits per heavy atom. The summed E-state index contributed by atoms with van der Waals surface area (Å²) in [6.07, 6.45) is 2.39. The van der Waals surface area contributed by atoms with Crippen molar-refractivity contribution in [2.45, 2.75) is 26.4 Å². The van der Waals surface area contributed by atoms with Crippen LogP contribution in [0, 0.1) is 6.92 Å². The lowest BCUT2D eigenvalue weighted by atomic mass is 10.1. The molecule has 1 aromatic heterocycles. The van der Waals surface area contributed by atoms with Gasteiger partial charge in [-0.2, -0.15) is 0 Å². The van der Waals surface area contributed by atoms with Crippen molar-refractivity contribution < 1.29 is 9.53 Å². The third kappa shape index (κ3) is 4.89. The first-order valence-corrected chi connectivity index (χ1v) is 7.81. The lowest BCUT2D eigenvalue weighted by Gasteiger charge is -2.22. The zero-order valence-electron chi connectivity index (χ0n) is 14.2. The van der Waals surface area contributed by atoms with E-state index in [-0.39, 0.29) is 11.9 Å². The summed E-state index contributed by atoms with van der Waals surface area (Å²) < 4.78 is 6.17. The summed E-state index contributed by atoms with van der Waals surface area (Å²) in [5, 5.41) is 0. The Kier molecular flexibility index (Phi) is 5.88. The van der Waals surface area contributed by atoms with Crippen LogP contribution in [0.4, 0.5) is 0 Å². The van der Waals surface area contributed by atoms with E-state index in [0.717, 1.165) is 24.1 Å². The second-order valence-electron chi connectivity index (χ2n) is 6.01. The van der Waals surface area contributed by atoms with Crippen LogP contribution in [0.2, 0.25) is 0 Å². The minimum atomic E-state index is -0.0621. The average Bonchev–Trinajstić information content (AvgIpc) is 2.53. The first-order chi connectivity index (χ1) is 11.0. The van der Waals surface area contributed by atoms with Gasteiger partial charge in [-0.25, -0.2) is 4.98 Å². The first-order valence-electron chi connectivity index (χ1n) is 7.81. The van der Waals surface area contributed by atoms with Gasteiger partial charge in [-0.3, -0.25) is 4.79 Å². The molecule has 4 nitrogen and oxygen atoms in total. The van der Waals surface area contributed by atoms with Crippen LogP contribution >= 0.6 is 0 Å². The van der Waals surface area contributed by atoms with Crippen LogP contribution in [0.15, 0.2) is 42.6 Å². The number of aryl methyl sites for hydroxylation is 1. The van der Waals surface area contributed by atoms with Crippen molar-refractivity contribution in [1.82, 2.24) is 9.88 Å². The topological polar surface area (TPSA) is 42.4 Å². The van der Waals surface area contributed by atoms with Crippen molar-refractivity contribution in [2.24, 2.45) is 0 Å². The number of hydrogen-bond donors (Lipinski definition) is 0. The van der Waals surface area contributed by atoms with Crippen LogP contribution in [0.5, 0.6) is 5.88 Å². The van der Waals surface area contributed by atoms with Gasteiger partial charge in [-0.1, -0.05) is 30.3 Å². The molecule has 0 bridgehead atoms. The fourth-order valence-corrected chi connectivity index (χ4v) is 2.35. The highest BCUT2D eigenvalue weighted by Crippen LogP contribution is 2.26. The van der Waals surface area contributed by atoms with Gasteiger partial charge < -0.3 is 9.64 Å². The first kappa shape index (κ1) is 17.2. The smallest absolute Gasteiger partial charge is 0.216 e. The second kappa shape index (κ2) is 7.88. The summed E-state index contributed by atoms with van der Waals surface area (Å²) in [4.78, 5) is 17.9. The van der Waals surface area contributed by atoms with Gasteiger partial charge in [0.15, 0.2) is 5.78 Å². The minimum Gasteiger partial charge on any atom is -0.469 e. The van der Waals surface area contributed by atoms with Crippen LogP contribution in [0.3, 0.4) is 0 Å². The van der Waals surface area contributed by atoms with E-state index < -0.39 is 0 Å². The molecule has 0 N–H and O–H groups in total. The maximum Gasteiger partial charge on any atom is 0.216 e. The van der Waals surface area contributed by atoms with E-state index in [1.165, 1.54) is 0 Å². The molecule has 0 saturated heterocycles. The maximum absolute atomic E-state index is 11.4. The fraction of sp³-hybridized carbons (Fsp3) is 0.368. The Labute approximate surface area is 138 Å². The number of ketones is 1. The van der Waals surface area contributed by atoms with E-state index in [4.69, 9.17) is 4.74 Å². The SMILES string of the molecule is CC(=O)c1cnc(O[C@@H](CCN(C)C)c2ccccc2)c(C)c1. The van der Waals surface area contributed by atoms with Gasteiger partial charge in [-0.15, -0.1) is 0 Å². The summed E-state index contributed by atoms with van der Waals surface area (Å²) in [6, 6.07) is 12.0. The van der Waals surface area contributed by atoms with Gasteiger partial charge in [0.1, 0.15) is 6.10 Å². The van der Waals surface area contributed by atoms with Gasteiger partial charge in [-0.05, 0) is 39.6 Å². The van der Waals surface area contributed by atoms with E-state index in [0.29, 0.717) is 11.4 Å². The molecular formula is C19H24N2O2. The number of carbonyl (C=O) groups is 1. The summed E-state index contributed by atoms with van der Waals surface area (Å²) in [6.45, 7) is 4.38. The van der Waals surface area contributed by atoms with Gasteiger partial charge in [0.2, 0.25) is 5.88 Å². The van der Waals surface area contributed by atoms with Crippen LogP contribution < -0.4 is 4.74 Å². The summed E-state index contributed by atoms with van der Waals surface area (Å²) in [5.74, 6) is 0.599. The molecule has 122 valence electrons. The number of benzene rings is 1. The summed E-state index contributed by atoms with van der Waals surface area (Å²) in [5.41, 5.74) is 2.62. The molecule has 0 unspecified atom stereocenters. The Balaban J connectivity index is 2.22. The number of aromatic nitrogens is 1. The maximum atomic E-state index is 11.4. The summed E-state index contributed by atoms with van der Waals surface area (Å²) >= 11 is 0. The average molecular weight is 312 g/mol. The number of hydrogen-bond acceptors (Lipinski definition) is 4. The van der Waals surface area contributed by atoms with Crippen LogP contribution in [0.1, 0.15) is 40.9 Å². The fourth-order valence-electron chi connectivity index (χ4n) is 2.35. The van der Waals surface area contributed by atoms with Gasteiger partial charge in [0, 0.05) is 30.3 Å². The van der Waals surface area contributed by atoms with Gasteiger partial charge in [0.05, 0.1) is 0 Å². The molecule has 1 atom stereocenters. The number of pyridine rings is 1. The predicted octanol–water partition coefficient (Wildman–Crippen LogP) is 3.66. The molecule has 1 heterocycles. The molecule has 4 heteroatoms. The quantitative estimate of drug-likeness (QED) is 0.732. The molecule has 0 aliphatic heterocycles. The zero-order valence-corrected chi connectivity index (χ0v) is 14.2. The Hall–Kier alpha value is -2.20. The highest BCUT2D eigenvalue weighted by atomic mass is 16.5. The van der Waals surface area contributed by atoms with E-state index in [1.54, 1.807) is 13.1 Å². The molecule has 23 heavy (non-hydrogen) atoms. The molecule has 1 aromatic carbocycles. The van der Waals surface area contributed by atoms with Crippen LogP contribution in [-0.2, 0) is 0 Å². The Bertz CT molecular complexity index is 654. The lowest BCUT2D eigenvalue weighted by Crippen LogP contribution is -2.19. The Morgan fingerprint density at radius 3 is 2.52 bits per heavy atom. The van der Waals surface area contributed by atoms with E-state index in [1.807, 2.05) is 45.3 Å². The molecule has 0 saturated carbocycles. The molecule has 0 fully saturated rings. The highest BCUT2D eigenvalue weighted by molar-refractivity contribution is 5.93. The van der Waals surface area contributed by atoms with Crippen molar-refractivity contribution in [3.8, 4) is 5.88 Å². The van der Waals surface area contributed by atoms with Crippen molar-refractivity contribution in [1.29, 1.82) is 0 Å². The zero-order chi connectivity index (χ0) is 16.8. The van der Waals surface area contributed by atoms with E-state index >= 15 is 0 Å². The van der Waals surface area contributed by atoms with Gasteiger partial charge >= 0.3 is 0 Å². The predicted molar refractivity (Wildman–Crippen MR) is 92.0 cm³/mol. The summed E-state index contributed by atoms with van der Waals surface area (Å²) in [7, 11) is 4.10. The molecular weight excluding hydrogens is 288 g/mol. The number of nitrogens with zero attached hydrogens (tertiary/aromatic N) is 2. The van der Waals surface area contributed by atoms with Crippen molar-refractivity contribution in [3.05, 3.63) is 59.3 Å². The van der Waals surface area contributed by atoms with Crippen molar-refractivity contribution >= 4 is 5.78 Å². The molecule has 0 radical (unpaired) electrons. The van der Waals surface area contributed by atoms with E-state index in [9.17, 15) is 4.79 Å². The van der Waals surface area contributed by atoms with E-state index in [2.05, 4.69) is 22.0 Å². The van der Waals surface area contributed by atoms with Gasteiger partial charge in [0.25, 0.3) is 0 Å².